The van der Waals surface area contributed by atoms with Crippen molar-refractivity contribution in [2.45, 2.75) is 56.5 Å². The van der Waals surface area contributed by atoms with Gasteiger partial charge in [0.1, 0.15) is 18.3 Å². The lowest BCUT2D eigenvalue weighted by atomic mass is 9.97. The highest BCUT2D eigenvalue weighted by atomic mass is 31.2. The quantitative estimate of drug-likeness (QED) is 0.0398. The van der Waals surface area contributed by atoms with E-state index in [1.165, 1.54) is 12.2 Å². The molecule has 6 N–H and O–H groups in total. The van der Waals surface area contributed by atoms with Crippen molar-refractivity contribution in [1.29, 1.82) is 0 Å². The molecule has 3 heterocycles. The van der Waals surface area contributed by atoms with Gasteiger partial charge in [-0.2, -0.15) is 0 Å². The van der Waals surface area contributed by atoms with E-state index >= 15 is 0 Å². The van der Waals surface area contributed by atoms with Crippen LogP contribution in [0.2, 0.25) is 0 Å². The van der Waals surface area contributed by atoms with Gasteiger partial charge in [-0.3, -0.25) is 23.8 Å². The minimum Gasteiger partial charge on any atom is -0.388 e. The molecular weight excluding hydrogens is 637 g/mol. The Morgan fingerprint density at radius 2 is 1.57 bits per heavy atom. The van der Waals surface area contributed by atoms with Crippen LogP contribution in [0, 0.1) is 0 Å². The lowest BCUT2D eigenvalue weighted by Crippen LogP contribution is -2.58. The number of nitrogens with zero attached hydrogens (tertiary/aromatic N) is 4. The monoisotopic (exact) mass is 679 g/mol. The summed E-state index contributed by atoms with van der Waals surface area (Å²) < 4.78 is 40.0. The molecule has 46 heavy (non-hydrogen) atoms. The van der Waals surface area contributed by atoms with E-state index < -0.39 is 56.3 Å². The van der Waals surface area contributed by atoms with E-state index in [0.29, 0.717) is 51.7 Å². The Hall–Kier alpha value is -2.68. The number of amides is 3. The molecule has 5 atom stereocenters. The first kappa shape index (κ1) is 37.8. The van der Waals surface area contributed by atoms with E-state index in [-0.39, 0.29) is 45.1 Å². The van der Waals surface area contributed by atoms with Crippen LogP contribution in [0.15, 0.2) is 18.3 Å². The van der Waals surface area contributed by atoms with Gasteiger partial charge in [0, 0.05) is 44.3 Å². The van der Waals surface area contributed by atoms with Gasteiger partial charge >= 0.3 is 7.60 Å². The SMILES string of the molecule is O=C(CCN1C(=O)C=CC1=O)NCCOCCOCCOCCn1cc(CCO[C@H]2O[C@H](CCP(=O)(O)O)[C@@H](O)[C@H](O)[C@@H]2O)nn1. The summed E-state index contributed by atoms with van der Waals surface area (Å²) in [6.45, 7) is 2.79. The summed E-state index contributed by atoms with van der Waals surface area (Å²) in [5, 5.41) is 41.0. The predicted molar refractivity (Wildman–Crippen MR) is 154 cm³/mol. The largest absolute Gasteiger partial charge is 0.388 e. The molecule has 0 unspecified atom stereocenters. The number of carbonyl (C=O) groups excluding carboxylic acids is 3. The number of aliphatic hydroxyl groups is 3. The predicted octanol–water partition coefficient (Wildman–Crippen LogP) is -3.31. The van der Waals surface area contributed by atoms with Crippen LogP contribution in [-0.4, -0.2) is 159 Å². The molecule has 19 nitrogen and oxygen atoms in total. The van der Waals surface area contributed by atoms with E-state index in [1.54, 1.807) is 10.9 Å². The minimum atomic E-state index is -4.34. The van der Waals surface area contributed by atoms with Crippen molar-refractivity contribution in [1.82, 2.24) is 25.2 Å². The molecule has 0 saturated carbocycles. The average Bonchev–Trinajstić information content (AvgIpc) is 3.60. The number of aliphatic hydroxyl groups excluding tert-OH is 3. The van der Waals surface area contributed by atoms with Crippen LogP contribution >= 0.6 is 7.60 Å². The van der Waals surface area contributed by atoms with Crippen LogP contribution in [0.5, 0.6) is 0 Å². The molecule has 0 radical (unpaired) electrons. The van der Waals surface area contributed by atoms with Crippen molar-refractivity contribution < 1.29 is 67.7 Å². The summed E-state index contributed by atoms with van der Waals surface area (Å²) in [4.78, 5) is 53.8. The van der Waals surface area contributed by atoms with E-state index in [4.69, 9.17) is 33.5 Å². The fourth-order valence-electron chi connectivity index (χ4n) is 4.35. The summed E-state index contributed by atoms with van der Waals surface area (Å²) in [5.74, 6) is -1.13. The Morgan fingerprint density at radius 3 is 2.24 bits per heavy atom. The highest BCUT2D eigenvalue weighted by Gasteiger charge is 2.44. The lowest BCUT2D eigenvalue weighted by molar-refractivity contribution is -0.296. The first-order chi connectivity index (χ1) is 21.9. The normalized spacial score (nSPS) is 23.4. The van der Waals surface area contributed by atoms with Gasteiger partial charge in [-0.25, -0.2) is 4.68 Å². The van der Waals surface area contributed by atoms with E-state index in [0.717, 1.165) is 4.90 Å². The molecule has 1 fully saturated rings. The third kappa shape index (κ3) is 13.2. The van der Waals surface area contributed by atoms with E-state index in [9.17, 15) is 34.3 Å². The average molecular weight is 680 g/mol. The van der Waals surface area contributed by atoms with Crippen molar-refractivity contribution >= 4 is 25.3 Å². The zero-order valence-electron chi connectivity index (χ0n) is 25.2. The van der Waals surface area contributed by atoms with Gasteiger partial charge in [-0.15, -0.1) is 5.10 Å². The van der Waals surface area contributed by atoms with Gasteiger partial charge in [0.2, 0.25) is 5.91 Å². The standard InChI is InChI=1S/C26H42N5O14P/c32-20(3-7-31-21(33)1-2-22(31)34)27-6-10-41-12-14-43-15-13-42-11-8-30-17-18(28-29-30)4-9-44-26-25(37)24(36)23(35)19(45-26)5-16-46(38,39)40/h1-2,17,19,23-26,35-37H,3-16H2,(H,27,32)(H2,38,39,40)/t19-,23-,24+,25+,26+/m1/s1. The van der Waals surface area contributed by atoms with Crippen LogP contribution in [0.25, 0.3) is 0 Å². The van der Waals surface area contributed by atoms with Gasteiger partial charge in [0.05, 0.1) is 70.8 Å². The fourth-order valence-corrected chi connectivity index (χ4v) is 4.94. The van der Waals surface area contributed by atoms with Crippen molar-refractivity contribution in [3.8, 4) is 0 Å². The molecule has 260 valence electrons. The third-order valence-corrected chi connectivity index (χ3v) is 7.68. The number of hydrogen-bond donors (Lipinski definition) is 6. The Balaban J connectivity index is 1.15. The second-order valence-corrected chi connectivity index (χ2v) is 12.2. The summed E-state index contributed by atoms with van der Waals surface area (Å²) in [7, 11) is -4.34. The highest BCUT2D eigenvalue weighted by molar-refractivity contribution is 7.51. The maximum absolute atomic E-state index is 11.8. The summed E-state index contributed by atoms with van der Waals surface area (Å²) in [6.07, 6.45) is -3.55. The molecule has 0 spiro atoms. The van der Waals surface area contributed by atoms with Gasteiger partial charge in [-0.05, 0) is 6.42 Å². The zero-order chi connectivity index (χ0) is 33.5. The molecule has 3 rings (SSSR count). The lowest BCUT2D eigenvalue weighted by Gasteiger charge is -2.40. The number of carbonyl (C=O) groups is 3. The molecule has 2 aliphatic rings. The van der Waals surface area contributed by atoms with Crippen molar-refractivity contribution in [3.05, 3.63) is 24.0 Å². The van der Waals surface area contributed by atoms with E-state index in [2.05, 4.69) is 15.6 Å². The van der Waals surface area contributed by atoms with Crippen molar-refractivity contribution in [2.24, 2.45) is 0 Å². The van der Waals surface area contributed by atoms with Crippen LogP contribution < -0.4 is 5.32 Å². The first-order valence-corrected chi connectivity index (χ1v) is 16.5. The Labute approximate surface area is 264 Å². The molecule has 20 heteroatoms. The number of ether oxygens (including phenoxy) is 5. The summed E-state index contributed by atoms with van der Waals surface area (Å²) in [6, 6.07) is 0. The molecule has 0 bridgehead atoms. The maximum Gasteiger partial charge on any atom is 0.325 e. The Morgan fingerprint density at radius 1 is 0.913 bits per heavy atom. The van der Waals surface area contributed by atoms with Crippen LogP contribution in [-0.2, 0) is 55.6 Å². The van der Waals surface area contributed by atoms with Gasteiger partial charge in [0.25, 0.3) is 11.8 Å². The molecule has 0 aliphatic carbocycles. The molecule has 3 amide bonds. The second kappa shape index (κ2) is 19.2. The summed E-state index contributed by atoms with van der Waals surface area (Å²) in [5.41, 5.74) is 0.583. The third-order valence-electron chi connectivity index (χ3n) is 6.84. The van der Waals surface area contributed by atoms with Gasteiger partial charge in [0.15, 0.2) is 6.29 Å². The number of imide groups is 1. The number of aromatic nitrogens is 3. The molecule has 2 aliphatic heterocycles. The number of hydrogen-bond acceptors (Lipinski definition) is 14. The molecule has 1 aromatic heterocycles. The molecule has 1 saturated heterocycles. The van der Waals surface area contributed by atoms with Crippen LogP contribution in [0.4, 0.5) is 0 Å². The van der Waals surface area contributed by atoms with Gasteiger partial charge < -0.3 is 54.1 Å². The topological polar surface area (TPSA) is 262 Å². The minimum absolute atomic E-state index is 0.0199. The smallest absolute Gasteiger partial charge is 0.325 e. The second-order valence-electron chi connectivity index (χ2n) is 10.4. The molecular formula is C26H42N5O14P. The molecule has 1 aromatic rings. The van der Waals surface area contributed by atoms with Gasteiger partial charge in [-0.1, -0.05) is 5.21 Å². The van der Waals surface area contributed by atoms with E-state index in [1.807, 2.05) is 0 Å². The fraction of sp³-hybridized carbons (Fsp3) is 0.731. The Kier molecular flexibility index (Phi) is 15.8. The van der Waals surface area contributed by atoms with Crippen molar-refractivity contribution in [2.75, 3.05) is 65.5 Å². The number of nitrogens with one attached hydrogen (secondary N) is 1. The summed E-state index contributed by atoms with van der Waals surface area (Å²) >= 11 is 0. The highest BCUT2D eigenvalue weighted by Crippen LogP contribution is 2.37. The van der Waals surface area contributed by atoms with Crippen LogP contribution in [0.3, 0.4) is 0 Å². The molecule has 0 aromatic carbocycles. The van der Waals surface area contributed by atoms with Crippen molar-refractivity contribution in [3.63, 3.8) is 0 Å². The number of rotatable bonds is 22. The Bertz CT molecular complexity index is 1180. The zero-order valence-corrected chi connectivity index (χ0v) is 26.1. The first-order valence-electron chi connectivity index (χ1n) is 14.7. The maximum atomic E-state index is 11.8. The van der Waals surface area contributed by atoms with Crippen LogP contribution in [0.1, 0.15) is 18.5 Å².